The molecule has 6 heteroatoms. The summed E-state index contributed by atoms with van der Waals surface area (Å²) in [6, 6.07) is 5.39. The molecule has 1 aromatic carbocycles. The summed E-state index contributed by atoms with van der Waals surface area (Å²) in [4.78, 5) is 12.1. The second-order valence-electron chi connectivity index (χ2n) is 3.77. The van der Waals surface area contributed by atoms with Crippen molar-refractivity contribution < 1.29 is 9.18 Å². The van der Waals surface area contributed by atoms with Crippen molar-refractivity contribution in [3.8, 4) is 0 Å². The van der Waals surface area contributed by atoms with E-state index >= 15 is 0 Å². The fourth-order valence-electron chi connectivity index (χ4n) is 1.82. The average molecular weight is 232 g/mol. The van der Waals surface area contributed by atoms with Gasteiger partial charge in [0.1, 0.15) is 5.82 Å². The van der Waals surface area contributed by atoms with Crippen LogP contribution in [0.3, 0.4) is 0 Å². The van der Waals surface area contributed by atoms with Gasteiger partial charge in [-0.2, -0.15) is 0 Å². The monoisotopic (exact) mass is 232 g/mol. The van der Waals surface area contributed by atoms with Gasteiger partial charge in [0.15, 0.2) is 11.5 Å². The minimum atomic E-state index is -0.368. The van der Waals surface area contributed by atoms with Gasteiger partial charge in [0.2, 0.25) is 5.78 Å². The summed E-state index contributed by atoms with van der Waals surface area (Å²) >= 11 is 0. The van der Waals surface area contributed by atoms with E-state index in [1.807, 2.05) is 0 Å². The highest BCUT2D eigenvalue weighted by Gasteiger charge is 2.23. The van der Waals surface area contributed by atoms with Crippen LogP contribution in [0, 0.1) is 5.82 Å². The fourth-order valence-corrected chi connectivity index (χ4v) is 1.82. The third-order valence-corrected chi connectivity index (χ3v) is 2.67. The first kappa shape index (κ1) is 9.95. The number of fused-ring (bicyclic) bond motifs is 1. The van der Waals surface area contributed by atoms with Gasteiger partial charge in [-0.25, -0.2) is 9.07 Å². The summed E-state index contributed by atoms with van der Waals surface area (Å²) < 4.78 is 14.4. The Morgan fingerprint density at radius 2 is 2.12 bits per heavy atom. The molecule has 0 aliphatic carbocycles. The molecule has 0 bridgehead atoms. The van der Waals surface area contributed by atoms with Crippen molar-refractivity contribution in [1.82, 2.24) is 15.0 Å². The number of hydrogen-bond donors (Lipinski definition) is 1. The second-order valence-corrected chi connectivity index (χ2v) is 3.77. The van der Waals surface area contributed by atoms with Crippen LogP contribution >= 0.6 is 0 Å². The maximum Gasteiger partial charge on any atom is 0.217 e. The van der Waals surface area contributed by atoms with Crippen LogP contribution in [0.4, 0.5) is 10.2 Å². The standard InChI is InChI=1S/C11H9FN4O/c12-8-3-1-7(2-4-8)10(17)9-11-13-5-6-16(11)15-14-9/h1-4,13H,5-6H2. The van der Waals surface area contributed by atoms with Crippen LogP contribution in [0.25, 0.3) is 0 Å². The zero-order valence-electron chi connectivity index (χ0n) is 8.85. The Morgan fingerprint density at radius 1 is 1.35 bits per heavy atom. The number of nitrogens with one attached hydrogen (secondary N) is 1. The molecule has 1 aliphatic heterocycles. The molecule has 0 saturated carbocycles. The maximum atomic E-state index is 12.8. The second kappa shape index (κ2) is 3.65. The van der Waals surface area contributed by atoms with Crippen LogP contribution in [0.15, 0.2) is 24.3 Å². The van der Waals surface area contributed by atoms with Crippen LogP contribution in [-0.4, -0.2) is 27.3 Å². The maximum absolute atomic E-state index is 12.8. The number of halogens is 1. The summed E-state index contributed by atoms with van der Waals surface area (Å²) in [5.74, 6) is 0.0212. The van der Waals surface area contributed by atoms with Crippen molar-refractivity contribution in [2.24, 2.45) is 0 Å². The topological polar surface area (TPSA) is 59.8 Å². The zero-order chi connectivity index (χ0) is 11.8. The lowest BCUT2D eigenvalue weighted by Gasteiger charge is -1.99. The smallest absolute Gasteiger partial charge is 0.217 e. The largest absolute Gasteiger partial charge is 0.366 e. The third-order valence-electron chi connectivity index (χ3n) is 2.67. The summed E-state index contributed by atoms with van der Waals surface area (Å²) in [5.41, 5.74) is 0.692. The van der Waals surface area contributed by atoms with Crippen molar-refractivity contribution in [3.63, 3.8) is 0 Å². The number of rotatable bonds is 2. The van der Waals surface area contributed by atoms with E-state index < -0.39 is 0 Å². The highest BCUT2D eigenvalue weighted by atomic mass is 19.1. The number of anilines is 1. The predicted molar refractivity (Wildman–Crippen MR) is 58.3 cm³/mol. The molecule has 2 heterocycles. The highest BCUT2D eigenvalue weighted by Crippen LogP contribution is 2.20. The molecular formula is C11H9FN4O. The number of carbonyl (C=O) groups excluding carboxylic acids is 1. The first-order valence-corrected chi connectivity index (χ1v) is 5.23. The van der Waals surface area contributed by atoms with Gasteiger partial charge in [0, 0.05) is 12.1 Å². The minimum Gasteiger partial charge on any atom is -0.366 e. The molecule has 3 rings (SSSR count). The number of ketones is 1. The predicted octanol–water partition coefficient (Wildman–Crippen LogP) is 1.07. The number of nitrogens with zero attached hydrogens (tertiary/aromatic N) is 3. The van der Waals surface area contributed by atoms with Gasteiger partial charge in [-0.1, -0.05) is 5.21 Å². The molecule has 0 saturated heterocycles. The lowest BCUT2D eigenvalue weighted by molar-refractivity contribution is 0.103. The number of carbonyl (C=O) groups is 1. The van der Waals surface area contributed by atoms with Gasteiger partial charge in [-0.05, 0) is 24.3 Å². The third kappa shape index (κ3) is 1.57. The number of hydrogen-bond acceptors (Lipinski definition) is 4. The Morgan fingerprint density at radius 3 is 2.88 bits per heavy atom. The van der Waals surface area contributed by atoms with Gasteiger partial charge in [0.05, 0.1) is 6.54 Å². The summed E-state index contributed by atoms with van der Waals surface area (Å²) in [7, 11) is 0. The molecule has 2 aromatic rings. The van der Waals surface area contributed by atoms with Gasteiger partial charge in [-0.15, -0.1) is 5.10 Å². The Kier molecular flexibility index (Phi) is 2.14. The van der Waals surface area contributed by atoms with Crippen LogP contribution in [-0.2, 0) is 6.54 Å². The summed E-state index contributed by atoms with van der Waals surface area (Å²) in [5, 5.41) is 10.8. The van der Waals surface area contributed by atoms with E-state index in [4.69, 9.17) is 0 Å². The van der Waals surface area contributed by atoms with Crippen molar-refractivity contribution in [1.29, 1.82) is 0 Å². The molecule has 0 spiro atoms. The molecule has 0 atom stereocenters. The van der Waals surface area contributed by atoms with E-state index in [-0.39, 0.29) is 17.3 Å². The zero-order valence-corrected chi connectivity index (χ0v) is 8.85. The summed E-state index contributed by atoms with van der Waals surface area (Å²) in [6.07, 6.45) is 0. The van der Waals surface area contributed by atoms with Gasteiger partial charge in [-0.3, -0.25) is 4.79 Å². The quantitative estimate of drug-likeness (QED) is 0.787. The average Bonchev–Trinajstić information content (AvgIpc) is 2.90. The van der Waals surface area contributed by atoms with E-state index in [1.54, 1.807) is 4.68 Å². The molecule has 1 N–H and O–H groups in total. The van der Waals surface area contributed by atoms with E-state index in [0.29, 0.717) is 17.9 Å². The lowest BCUT2D eigenvalue weighted by atomic mass is 10.1. The SMILES string of the molecule is O=C(c1ccc(F)cc1)c1nnn2c1NCC2. The number of benzene rings is 1. The van der Waals surface area contributed by atoms with Gasteiger partial charge < -0.3 is 5.32 Å². The molecule has 5 nitrogen and oxygen atoms in total. The van der Waals surface area contributed by atoms with Gasteiger partial charge >= 0.3 is 0 Å². The minimum absolute atomic E-state index is 0.249. The van der Waals surface area contributed by atoms with Crippen LogP contribution in [0.2, 0.25) is 0 Å². The van der Waals surface area contributed by atoms with E-state index in [9.17, 15) is 9.18 Å². The molecular weight excluding hydrogens is 223 g/mol. The fraction of sp³-hybridized carbons (Fsp3) is 0.182. The van der Waals surface area contributed by atoms with Crippen LogP contribution in [0.1, 0.15) is 16.1 Å². The molecule has 0 unspecified atom stereocenters. The molecule has 17 heavy (non-hydrogen) atoms. The number of aromatic nitrogens is 3. The Hall–Kier alpha value is -2.24. The van der Waals surface area contributed by atoms with Crippen LogP contribution in [0.5, 0.6) is 0 Å². The molecule has 0 amide bonds. The lowest BCUT2D eigenvalue weighted by Crippen LogP contribution is -2.06. The molecule has 1 aliphatic rings. The molecule has 1 aromatic heterocycles. The van der Waals surface area contributed by atoms with Crippen molar-refractivity contribution in [3.05, 3.63) is 41.3 Å². The van der Waals surface area contributed by atoms with E-state index in [1.165, 1.54) is 24.3 Å². The van der Waals surface area contributed by atoms with Crippen molar-refractivity contribution in [2.75, 3.05) is 11.9 Å². The molecule has 0 radical (unpaired) electrons. The van der Waals surface area contributed by atoms with Crippen molar-refractivity contribution >= 4 is 11.6 Å². The Bertz CT molecular complexity index is 576. The Balaban J connectivity index is 1.99. The first-order chi connectivity index (χ1) is 8.25. The summed E-state index contributed by atoms with van der Waals surface area (Å²) in [6.45, 7) is 1.45. The molecule has 0 fully saturated rings. The Labute approximate surface area is 96.2 Å². The normalized spacial score (nSPS) is 13.2. The van der Waals surface area contributed by atoms with Crippen molar-refractivity contribution in [2.45, 2.75) is 6.54 Å². The highest BCUT2D eigenvalue weighted by molar-refractivity contribution is 6.10. The van der Waals surface area contributed by atoms with E-state index in [0.717, 1.165) is 6.54 Å². The van der Waals surface area contributed by atoms with Gasteiger partial charge in [0.25, 0.3) is 0 Å². The first-order valence-electron chi connectivity index (χ1n) is 5.23. The molecule has 86 valence electrons. The van der Waals surface area contributed by atoms with E-state index in [2.05, 4.69) is 15.6 Å². The van der Waals surface area contributed by atoms with Crippen LogP contribution < -0.4 is 5.32 Å².